The van der Waals surface area contributed by atoms with E-state index in [0.29, 0.717) is 0 Å². The van der Waals surface area contributed by atoms with Crippen LogP contribution in [0.25, 0.3) is 6.08 Å². The lowest BCUT2D eigenvalue weighted by atomic mass is 10.1. The van der Waals surface area contributed by atoms with Gasteiger partial charge in [0.05, 0.1) is 0 Å². The lowest BCUT2D eigenvalue weighted by Crippen LogP contribution is -1.78. The minimum Gasteiger partial charge on any atom is -0.143 e. The first-order chi connectivity index (χ1) is 8.24. The van der Waals surface area contributed by atoms with E-state index in [4.69, 9.17) is 0 Å². The molecule has 0 fully saturated rings. The summed E-state index contributed by atoms with van der Waals surface area (Å²) in [7, 11) is 0. The molecule has 1 heteroatoms. The Labute approximate surface area is 109 Å². The predicted molar refractivity (Wildman–Crippen MR) is 81.2 cm³/mol. The maximum absolute atomic E-state index is 4.44. The van der Waals surface area contributed by atoms with Gasteiger partial charge < -0.3 is 0 Å². The van der Waals surface area contributed by atoms with E-state index in [1.54, 1.807) is 0 Å². The monoisotopic (exact) mass is 242 g/mol. The van der Waals surface area contributed by atoms with Crippen LogP contribution in [-0.4, -0.2) is 0 Å². The van der Waals surface area contributed by atoms with Crippen molar-refractivity contribution in [2.45, 2.75) is 13.8 Å². The molecule has 1 aromatic rings. The van der Waals surface area contributed by atoms with E-state index in [2.05, 4.69) is 37.8 Å². The SMILES string of the molecule is C\C=C/C=C\C=C\C(S)=C/c1ccccc1C. The highest BCUT2D eigenvalue weighted by molar-refractivity contribution is 7.84. The first-order valence-electron chi connectivity index (χ1n) is 5.66. The van der Waals surface area contributed by atoms with Crippen LogP contribution in [0.5, 0.6) is 0 Å². The van der Waals surface area contributed by atoms with E-state index in [1.165, 1.54) is 11.1 Å². The molecular formula is C16H18S. The summed E-state index contributed by atoms with van der Waals surface area (Å²) in [6, 6.07) is 8.27. The maximum atomic E-state index is 4.44. The van der Waals surface area contributed by atoms with E-state index in [1.807, 2.05) is 55.5 Å². The van der Waals surface area contributed by atoms with Gasteiger partial charge in [-0.05, 0) is 37.1 Å². The average molecular weight is 242 g/mol. The van der Waals surface area contributed by atoms with Gasteiger partial charge in [-0.1, -0.05) is 54.6 Å². The second-order valence-corrected chi connectivity index (χ2v) is 4.21. The molecule has 0 aliphatic heterocycles. The van der Waals surface area contributed by atoms with Crippen LogP contribution in [0.3, 0.4) is 0 Å². The van der Waals surface area contributed by atoms with Crippen molar-refractivity contribution in [3.8, 4) is 0 Å². The van der Waals surface area contributed by atoms with Gasteiger partial charge in [0.2, 0.25) is 0 Å². The van der Waals surface area contributed by atoms with Crippen molar-refractivity contribution >= 4 is 18.7 Å². The number of allylic oxidation sites excluding steroid dienone is 6. The van der Waals surface area contributed by atoms with Crippen molar-refractivity contribution in [1.82, 2.24) is 0 Å². The standard InChI is InChI=1S/C16H18S/c1-3-4-5-6-7-12-16(17)13-15-11-9-8-10-14(15)2/h3-13,17H,1-2H3/b4-3-,6-5-,12-7+,16-13+. The van der Waals surface area contributed by atoms with Crippen molar-refractivity contribution in [3.63, 3.8) is 0 Å². The van der Waals surface area contributed by atoms with Crippen LogP contribution in [-0.2, 0) is 0 Å². The largest absolute Gasteiger partial charge is 0.143 e. The summed E-state index contributed by atoms with van der Waals surface area (Å²) in [5.74, 6) is 0. The highest BCUT2D eigenvalue weighted by Gasteiger charge is 1.92. The number of aryl methyl sites for hydroxylation is 1. The molecule has 0 bridgehead atoms. The van der Waals surface area contributed by atoms with E-state index in [-0.39, 0.29) is 0 Å². The summed E-state index contributed by atoms with van der Waals surface area (Å²) in [4.78, 5) is 0.949. The molecule has 1 aromatic carbocycles. The molecule has 0 aliphatic rings. The smallest absolute Gasteiger partial charge is 0.00460 e. The molecule has 1 rings (SSSR count). The van der Waals surface area contributed by atoms with E-state index in [0.717, 1.165) is 4.91 Å². The Kier molecular flexibility index (Phi) is 6.19. The predicted octanol–water partition coefficient (Wildman–Crippen LogP) is 4.95. The Morgan fingerprint density at radius 2 is 1.76 bits per heavy atom. The average Bonchev–Trinajstić information content (AvgIpc) is 2.32. The van der Waals surface area contributed by atoms with Crippen LogP contribution in [0.4, 0.5) is 0 Å². The van der Waals surface area contributed by atoms with Crippen LogP contribution in [0.1, 0.15) is 18.1 Å². The van der Waals surface area contributed by atoms with Crippen molar-refractivity contribution in [3.05, 3.63) is 76.8 Å². The summed E-state index contributed by atoms with van der Waals surface area (Å²) >= 11 is 4.44. The summed E-state index contributed by atoms with van der Waals surface area (Å²) < 4.78 is 0. The summed E-state index contributed by atoms with van der Waals surface area (Å²) in [5, 5.41) is 0. The molecule has 88 valence electrons. The van der Waals surface area contributed by atoms with Crippen LogP contribution in [0.15, 0.2) is 65.6 Å². The maximum Gasteiger partial charge on any atom is 0.00460 e. The number of hydrogen-bond donors (Lipinski definition) is 1. The van der Waals surface area contributed by atoms with Gasteiger partial charge in [0.15, 0.2) is 0 Å². The molecule has 0 N–H and O–H groups in total. The number of benzene rings is 1. The van der Waals surface area contributed by atoms with E-state index >= 15 is 0 Å². The Bertz CT molecular complexity index is 462. The van der Waals surface area contributed by atoms with Gasteiger partial charge in [-0.15, -0.1) is 12.6 Å². The molecule has 0 heterocycles. The third-order valence-corrected chi connectivity index (χ3v) is 2.56. The highest BCUT2D eigenvalue weighted by atomic mass is 32.1. The van der Waals surface area contributed by atoms with E-state index in [9.17, 15) is 0 Å². The minimum atomic E-state index is 0.949. The van der Waals surface area contributed by atoms with Gasteiger partial charge in [-0.25, -0.2) is 0 Å². The van der Waals surface area contributed by atoms with Crippen molar-refractivity contribution in [2.24, 2.45) is 0 Å². The molecule has 0 amide bonds. The lowest BCUT2D eigenvalue weighted by molar-refractivity contribution is 1.44. The Balaban J connectivity index is 2.70. The zero-order valence-corrected chi connectivity index (χ0v) is 11.2. The fraction of sp³-hybridized carbons (Fsp3) is 0.125. The lowest BCUT2D eigenvalue weighted by Gasteiger charge is -1.99. The second-order valence-electron chi connectivity index (χ2n) is 3.70. The number of thiol groups is 1. The zero-order valence-electron chi connectivity index (χ0n) is 10.3. The molecule has 0 nitrogen and oxygen atoms in total. The van der Waals surface area contributed by atoms with Gasteiger partial charge in [0.25, 0.3) is 0 Å². The van der Waals surface area contributed by atoms with Crippen LogP contribution in [0, 0.1) is 6.92 Å². The van der Waals surface area contributed by atoms with Crippen LogP contribution >= 0.6 is 12.6 Å². The Hall–Kier alpha value is -1.47. The molecule has 0 saturated carbocycles. The fourth-order valence-corrected chi connectivity index (χ4v) is 1.57. The number of rotatable bonds is 4. The van der Waals surface area contributed by atoms with Crippen molar-refractivity contribution < 1.29 is 0 Å². The van der Waals surface area contributed by atoms with Gasteiger partial charge >= 0.3 is 0 Å². The second kappa shape index (κ2) is 7.75. The molecule has 0 spiro atoms. The molecule has 0 atom stereocenters. The molecule has 0 radical (unpaired) electrons. The van der Waals surface area contributed by atoms with Gasteiger partial charge in [-0.2, -0.15) is 0 Å². The first-order valence-corrected chi connectivity index (χ1v) is 6.11. The summed E-state index contributed by atoms with van der Waals surface area (Å²) in [6.45, 7) is 4.10. The summed E-state index contributed by atoms with van der Waals surface area (Å²) in [6.07, 6.45) is 14.0. The Morgan fingerprint density at radius 3 is 2.47 bits per heavy atom. The quantitative estimate of drug-likeness (QED) is 0.560. The third kappa shape index (κ3) is 5.41. The van der Waals surface area contributed by atoms with Gasteiger partial charge in [-0.3, -0.25) is 0 Å². The summed E-state index contributed by atoms with van der Waals surface area (Å²) in [5.41, 5.74) is 2.47. The highest BCUT2D eigenvalue weighted by Crippen LogP contribution is 2.14. The molecule has 17 heavy (non-hydrogen) atoms. The minimum absolute atomic E-state index is 0.949. The topological polar surface area (TPSA) is 0 Å². The zero-order chi connectivity index (χ0) is 12.5. The molecular weight excluding hydrogens is 224 g/mol. The van der Waals surface area contributed by atoms with E-state index < -0.39 is 0 Å². The van der Waals surface area contributed by atoms with Gasteiger partial charge in [0, 0.05) is 4.91 Å². The fourth-order valence-electron chi connectivity index (χ4n) is 1.35. The Morgan fingerprint density at radius 1 is 1.06 bits per heavy atom. The normalized spacial score (nSPS) is 13.2. The van der Waals surface area contributed by atoms with Gasteiger partial charge in [0.1, 0.15) is 0 Å². The first kappa shape index (κ1) is 13.6. The molecule has 0 unspecified atom stereocenters. The third-order valence-electron chi connectivity index (χ3n) is 2.28. The van der Waals surface area contributed by atoms with Crippen molar-refractivity contribution in [2.75, 3.05) is 0 Å². The van der Waals surface area contributed by atoms with Crippen LogP contribution < -0.4 is 0 Å². The number of hydrogen-bond acceptors (Lipinski definition) is 1. The molecule has 0 aliphatic carbocycles. The van der Waals surface area contributed by atoms with Crippen LogP contribution in [0.2, 0.25) is 0 Å². The molecule has 0 aromatic heterocycles. The molecule has 0 saturated heterocycles. The van der Waals surface area contributed by atoms with Crippen molar-refractivity contribution in [1.29, 1.82) is 0 Å².